The van der Waals surface area contributed by atoms with Gasteiger partial charge in [0.25, 0.3) is 5.69 Å². The van der Waals surface area contributed by atoms with Crippen LogP contribution in [-0.2, 0) is 0 Å². The highest BCUT2D eigenvalue weighted by atomic mass is 19.1. The first kappa shape index (κ1) is 13.3. The highest BCUT2D eigenvalue weighted by Crippen LogP contribution is 2.49. The number of nitrogens with zero attached hydrogens (tertiary/aromatic N) is 1. The van der Waals surface area contributed by atoms with E-state index < -0.39 is 10.7 Å². The third kappa shape index (κ3) is 3.18. The lowest BCUT2D eigenvalue weighted by molar-refractivity contribution is -0.385. The Morgan fingerprint density at radius 2 is 2.26 bits per heavy atom. The van der Waals surface area contributed by atoms with Gasteiger partial charge in [0.1, 0.15) is 0 Å². The molecule has 0 saturated heterocycles. The van der Waals surface area contributed by atoms with Crippen molar-refractivity contribution in [3.63, 3.8) is 0 Å². The third-order valence-corrected chi connectivity index (χ3v) is 3.18. The lowest BCUT2D eigenvalue weighted by Gasteiger charge is -2.15. The number of hydrogen-bond donors (Lipinski definition) is 2. The lowest BCUT2D eigenvalue weighted by atomic mass is 10.0. The minimum Gasteiger partial charge on any atom is -0.490 e. The molecule has 1 aromatic carbocycles. The van der Waals surface area contributed by atoms with Gasteiger partial charge in [-0.15, -0.1) is 0 Å². The molecule has 0 spiro atoms. The number of halogens is 1. The standard InChI is InChI=1S/C12H14FN3O3/c13-9-5-8(16(17)18)1-2-10(9)19-7-12(3-4-12)6-11(14)15/h1-2,5H,3-4,6-7H2,(H3,14,15). The van der Waals surface area contributed by atoms with Crippen LogP contribution in [0.5, 0.6) is 5.75 Å². The molecule has 2 rings (SSSR count). The maximum absolute atomic E-state index is 13.6. The quantitative estimate of drug-likeness (QED) is 0.357. The number of hydrogen-bond acceptors (Lipinski definition) is 4. The van der Waals surface area contributed by atoms with Gasteiger partial charge in [-0.1, -0.05) is 0 Å². The summed E-state index contributed by atoms with van der Waals surface area (Å²) >= 11 is 0. The summed E-state index contributed by atoms with van der Waals surface area (Å²) in [6.45, 7) is 0.265. The van der Waals surface area contributed by atoms with E-state index in [4.69, 9.17) is 15.9 Å². The van der Waals surface area contributed by atoms with Crippen molar-refractivity contribution < 1.29 is 14.1 Å². The van der Waals surface area contributed by atoms with Crippen molar-refractivity contribution in [2.24, 2.45) is 11.1 Å². The number of benzene rings is 1. The number of non-ortho nitro benzene ring substituents is 1. The first-order valence-corrected chi connectivity index (χ1v) is 5.82. The van der Waals surface area contributed by atoms with E-state index in [-0.39, 0.29) is 29.3 Å². The van der Waals surface area contributed by atoms with E-state index in [2.05, 4.69) is 0 Å². The Hall–Kier alpha value is -2.18. The smallest absolute Gasteiger partial charge is 0.272 e. The Balaban J connectivity index is 2.00. The molecule has 0 aliphatic heterocycles. The first-order valence-electron chi connectivity index (χ1n) is 5.82. The zero-order valence-corrected chi connectivity index (χ0v) is 10.2. The largest absolute Gasteiger partial charge is 0.490 e. The van der Waals surface area contributed by atoms with E-state index in [0.717, 1.165) is 18.9 Å². The second-order valence-electron chi connectivity index (χ2n) is 4.86. The monoisotopic (exact) mass is 267 g/mol. The molecule has 6 nitrogen and oxygen atoms in total. The molecule has 0 amide bonds. The van der Waals surface area contributed by atoms with Gasteiger partial charge < -0.3 is 10.5 Å². The van der Waals surface area contributed by atoms with Crippen LogP contribution in [0.3, 0.4) is 0 Å². The van der Waals surface area contributed by atoms with Crippen LogP contribution in [0.4, 0.5) is 10.1 Å². The third-order valence-electron chi connectivity index (χ3n) is 3.18. The van der Waals surface area contributed by atoms with Gasteiger partial charge >= 0.3 is 0 Å². The maximum Gasteiger partial charge on any atom is 0.272 e. The molecule has 0 bridgehead atoms. The zero-order valence-electron chi connectivity index (χ0n) is 10.2. The average Bonchev–Trinajstić information content (AvgIpc) is 3.06. The van der Waals surface area contributed by atoms with Crippen LogP contribution in [0, 0.1) is 26.8 Å². The van der Waals surface area contributed by atoms with Crippen LogP contribution in [0.1, 0.15) is 19.3 Å². The van der Waals surface area contributed by atoms with E-state index in [0.29, 0.717) is 6.42 Å². The molecule has 0 unspecified atom stereocenters. The van der Waals surface area contributed by atoms with Gasteiger partial charge in [0.2, 0.25) is 0 Å². The van der Waals surface area contributed by atoms with Gasteiger partial charge in [0.15, 0.2) is 11.6 Å². The van der Waals surface area contributed by atoms with Crippen LogP contribution in [0.25, 0.3) is 0 Å². The van der Waals surface area contributed by atoms with Crippen LogP contribution in [-0.4, -0.2) is 17.4 Å². The SMILES string of the molecule is N=C(N)CC1(COc2ccc([N+](=O)[O-])cc2F)CC1. The van der Waals surface area contributed by atoms with Crippen molar-refractivity contribution in [3.05, 3.63) is 34.1 Å². The minimum absolute atomic E-state index is 0.0135. The summed E-state index contributed by atoms with van der Waals surface area (Å²) < 4.78 is 18.9. The van der Waals surface area contributed by atoms with E-state index in [1.165, 1.54) is 12.1 Å². The number of amidine groups is 1. The van der Waals surface area contributed by atoms with Crippen molar-refractivity contribution >= 4 is 11.5 Å². The Morgan fingerprint density at radius 3 is 2.74 bits per heavy atom. The fraction of sp³-hybridized carbons (Fsp3) is 0.417. The molecule has 0 heterocycles. The van der Waals surface area contributed by atoms with Crippen molar-refractivity contribution in [1.82, 2.24) is 0 Å². The number of nitro groups is 1. The fourth-order valence-electron chi connectivity index (χ4n) is 1.90. The highest BCUT2D eigenvalue weighted by Gasteiger charge is 2.44. The molecule has 1 aromatic rings. The van der Waals surface area contributed by atoms with Gasteiger partial charge in [-0.3, -0.25) is 15.5 Å². The van der Waals surface area contributed by atoms with Gasteiger partial charge in [-0.05, 0) is 18.9 Å². The average molecular weight is 267 g/mol. The Bertz CT molecular complexity index is 529. The van der Waals surface area contributed by atoms with Crippen molar-refractivity contribution in [1.29, 1.82) is 5.41 Å². The summed E-state index contributed by atoms with van der Waals surface area (Å²) in [5.74, 6) is -0.682. The summed E-state index contributed by atoms with van der Waals surface area (Å²) in [4.78, 5) is 9.81. The summed E-state index contributed by atoms with van der Waals surface area (Å²) in [5, 5.41) is 17.7. The molecule has 0 aromatic heterocycles. The van der Waals surface area contributed by atoms with E-state index in [1.54, 1.807) is 0 Å². The predicted molar refractivity (Wildman–Crippen MR) is 66.7 cm³/mol. The van der Waals surface area contributed by atoms with Crippen molar-refractivity contribution in [2.75, 3.05) is 6.61 Å². The van der Waals surface area contributed by atoms with Crippen LogP contribution in [0.2, 0.25) is 0 Å². The number of nitrogens with one attached hydrogen (secondary N) is 1. The zero-order chi connectivity index (χ0) is 14.0. The van der Waals surface area contributed by atoms with Crippen LogP contribution in [0.15, 0.2) is 18.2 Å². The fourth-order valence-corrected chi connectivity index (χ4v) is 1.90. The lowest BCUT2D eigenvalue weighted by Crippen LogP contribution is -2.22. The molecule has 0 atom stereocenters. The topological polar surface area (TPSA) is 102 Å². The molecule has 1 aliphatic rings. The van der Waals surface area contributed by atoms with E-state index in [9.17, 15) is 14.5 Å². The molecule has 1 fully saturated rings. The summed E-state index contributed by atoms with van der Waals surface area (Å²) in [6, 6.07) is 3.28. The normalized spacial score (nSPS) is 15.8. The Kier molecular flexibility index (Phi) is 3.37. The Morgan fingerprint density at radius 1 is 1.58 bits per heavy atom. The molecule has 1 aliphatic carbocycles. The summed E-state index contributed by atoms with van der Waals surface area (Å²) in [6.07, 6.45) is 2.21. The van der Waals surface area contributed by atoms with Gasteiger partial charge in [-0.25, -0.2) is 4.39 Å². The molecule has 3 N–H and O–H groups in total. The van der Waals surface area contributed by atoms with Crippen molar-refractivity contribution in [2.45, 2.75) is 19.3 Å². The van der Waals surface area contributed by atoms with Crippen LogP contribution < -0.4 is 10.5 Å². The second kappa shape index (κ2) is 4.83. The molecule has 102 valence electrons. The second-order valence-corrected chi connectivity index (χ2v) is 4.86. The minimum atomic E-state index is -0.757. The maximum atomic E-state index is 13.6. The molecule has 0 radical (unpaired) electrons. The molecular weight excluding hydrogens is 253 g/mol. The number of rotatable bonds is 6. The van der Waals surface area contributed by atoms with Gasteiger partial charge in [-0.2, -0.15) is 0 Å². The number of nitro benzene ring substituents is 1. The summed E-state index contributed by atoms with van der Waals surface area (Å²) in [7, 11) is 0. The van der Waals surface area contributed by atoms with Gasteiger partial charge in [0.05, 0.1) is 23.4 Å². The molecular formula is C12H14FN3O3. The molecule has 7 heteroatoms. The highest BCUT2D eigenvalue weighted by molar-refractivity contribution is 5.78. The van der Waals surface area contributed by atoms with E-state index in [1.807, 2.05) is 0 Å². The number of nitrogens with two attached hydrogens (primary N) is 1. The first-order chi connectivity index (χ1) is 8.92. The Labute approximate surface area is 109 Å². The molecule has 19 heavy (non-hydrogen) atoms. The summed E-state index contributed by atoms with van der Waals surface area (Å²) in [5.41, 5.74) is 4.87. The van der Waals surface area contributed by atoms with Crippen LogP contribution >= 0.6 is 0 Å². The van der Waals surface area contributed by atoms with E-state index >= 15 is 0 Å². The van der Waals surface area contributed by atoms with Crippen molar-refractivity contribution in [3.8, 4) is 5.75 Å². The predicted octanol–water partition coefficient (Wildman–Crippen LogP) is 2.22. The molecule has 1 saturated carbocycles. The van der Waals surface area contributed by atoms with Gasteiger partial charge in [0, 0.05) is 17.9 Å². The number of ether oxygens (including phenoxy) is 1.